The molecule has 0 aliphatic heterocycles. The molecule has 0 saturated carbocycles. The highest BCUT2D eigenvalue weighted by Gasteiger charge is 2.11. The summed E-state index contributed by atoms with van der Waals surface area (Å²) in [5.41, 5.74) is 0.903. The van der Waals surface area contributed by atoms with Crippen LogP contribution < -0.4 is 4.90 Å². The minimum Gasteiger partial charge on any atom is -0.392 e. The van der Waals surface area contributed by atoms with Gasteiger partial charge in [-0.3, -0.25) is 0 Å². The maximum absolute atomic E-state index is 9.34. The monoisotopic (exact) mass is 237 g/mol. The summed E-state index contributed by atoms with van der Waals surface area (Å²) in [5.74, 6) is 0.915. The molecule has 0 fully saturated rings. The summed E-state index contributed by atoms with van der Waals surface area (Å²) in [6, 6.07) is 3.80. The summed E-state index contributed by atoms with van der Waals surface area (Å²) in [6.45, 7) is 5.10. The van der Waals surface area contributed by atoms with Crippen molar-refractivity contribution in [3.8, 4) is 0 Å². The van der Waals surface area contributed by atoms with Gasteiger partial charge in [0.1, 0.15) is 5.82 Å². The molecule has 1 aromatic heterocycles. The van der Waals surface area contributed by atoms with E-state index < -0.39 is 0 Å². The van der Waals surface area contributed by atoms with Crippen molar-refractivity contribution in [1.82, 2.24) is 9.88 Å². The van der Waals surface area contributed by atoms with E-state index in [1.807, 2.05) is 12.1 Å². The molecule has 0 amide bonds. The normalized spacial score (nSPS) is 10.9. The van der Waals surface area contributed by atoms with Crippen LogP contribution in [-0.4, -0.2) is 48.7 Å². The minimum atomic E-state index is 0.0470. The fraction of sp³-hybridized carbons (Fsp3) is 0.615. The van der Waals surface area contributed by atoms with Crippen molar-refractivity contribution in [2.75, 3.05) is 38.6 Å². The number of hydrogen-bond acceptors (Lipinski definition) is 4. The summed E-state index contributed by atoms with van der Waals surface area (Å²) < 4.78 is 0. The zero-order valence-electron chi connectivity index (χ0n) is 11.1. The van der Waals surface area contributed by atoms with Crippen molar-refractivity contribution in [2.24, 2.45) is 0 Å². The molecule has 4 nitrogen and oxygen atoms in total. The van der Waals surface area contributed by atoms with Crippen LogP contribution >= 0.6 is 0 Å². The number of hydrogen-bond donors (Lipinski definition) is 1. The number of nitrogens with zero attached hydrogens (tertiary/aromatic N) is 3. The second-order valence-corrected chi connectivity index (χ2v) is 4.43. The lowest BCUT2D eigenvalue weighted by Gasteiger charge is -2.26. The lowest BCUT2D eigenvalue weighted by molar-refractivity contribution is 0.281. The zero-order chi connectivity index (χ0) is 12.7. The van der Waals surface area contributed by atoms with Gasteiger partial charge in [-0.05, 0) is 26.6 Å². The number of aliphatic hydroxyl groups excluding tert-OH is 1. The molecule has 0 radical (unpaired) electrons. The van der Waals surface area contributed by atoms with E-state index in [1.165, 1.54) is 0 Å². The van der Waals surface area contributed by atoms with Crippen LogP contribution in [0.25, 0.3) is 0 Å². The molecule has 4 heteroatoms. The van der Waals surface area contributed by atoms with E-state index in [0.717, 1.165) is 37.4 Å². The number of likely N-dealkylation sites (N-methyl/N-ethyl adjacent to an activating group) is 1. The third-order valence-corrected chi connectivity index (χ3v) is 2.65. The highest BCUT2D eigenvalue weighted by molar-refractivity contribution is 5.46. The molecule has 1 aromatic rings. The average molecular weight is 237 g/mol. The average Bonchev–Trinajstić information content (AvgIpc) is 2.34. The largest absolute Gasteiger partial charge is 0.392 e. The minimum absolute atomic E-state index is 0.0470. The van der Waals surface area contributed by atoms with Crippen LogP contribution in [0.3, 0.4) is 0 Å². The second-order valence-electron chi connectivity index (χ2n) is 4.43. The molecule has 0 aliphatic rings. The smallest absolute Gasteiger partial charge is 0.134 e. The molecule has 0 aromatic carbocycles. The first-order chi connectivity index (χ1) is 8.19. The molecule has 0 atom stereocenters. The van der Waals surface area contributed by atoms with E-state index in [9.17, 15) is 5.11 Å². The summed E-state index contributed by atoms with van der Waals surface area (Å²) >= 11 is 0. The number of anilines is 1. The quantitative estimate of drug-likeness (QED) is 0.777. The molecule has 1 heterocycles. The van der Waals surface area contributed by atoms with Crippen molar-refractivity contribution < 1.29 is 5.11 Å². The Bertz CT molecular complexity index is 328. The molecule has 0 unspecified atom stereocenters. The number of aliphatic hydroxyl groups is 1. The maximum atomic E-state index is 9.34. The fourth-order valence-electron chi connectivity index (χ4n) is 1.75. The first-order valence-electron chi connectivity index (χ1n) is 6.13. The molecule has 1 N–H and O–H groups in total. The van der Waals surface area contributed by atoms with Crippen LogP contribution in [0.2, 0.25) is 0 Å². The Balaban J connectivity index is 2.80. The molecule has 0 bridgehead atoms. The molecular weight excluding hydrogens is 214 g/mol. The van der Waals surface area contributed by atoms with Crippen molar-refractivity contribution >= 4 is 5.82 Å². The van der Waals surface area contributed by atoms with Crippen LogP contribution in [0, 0.1) is 0 Å². The molecule has 0 aliphatic carbocycles. The lowest BCUT2D eigenvalue weighted by atomic mass is 10.2. The predicted molar refractivity (Wildman–Crippen MR) is 71.2 cm³/mol. The third kappa shape index (κ3) is 4.32. The summed E-state index contributed by atoms with van der Waals surface area (Å²) in [6.07, 6.45) is 2.86. The molecular formula is C13H23N3O. The van der Waals surface area contributed by atoms with Crippen molar-refractivity contribution in [3.05, 3.63) is 23.9 Å². The Morgan fingerprint density at radius 2 is 2.00 bits per heavy atom. The Labute approximate surface area is 104 Å². The Kier molecular flexibility index (Phi) is 5.94. The van der Waals surface area contributed by atoms with Gasteiger partial charge in [0, 0.05) is 31.4 Å². The van der Waals surface area contributed by atoms with E-state index in [1.54, 1.807) is 6.20 Å². The lowest BCUT2D eigenvalue weighted by Crippen LogP contribution is -2.33. The molecule has 0 spiro atoms. The van der Waals surface area contributed by atoms with E-state index in [0.29, 0.717) is 0 Å². The molecule has 96 valence electrons. The van der Waals surface area contributed by atoms with E-state index in [-0.39, 0.29) is 6.61 Å². The summed E-state index contributed by atoms with van der Waals surface area (Å²) in [7, 11) is 4.13. The number of pyridine rings is 1. The number of rotatable bonds is 7. The van der Waals surface area contributed by atoms with Crippen LogP contribution in [0.4, 0.5) is 5.82 Å². The van der Waals surface area contributed by atoms with Crippen LogP contribution in [0.5, 0.6) is 0 Å². The second kappa shape index (κ2) is 7.25. The third-order valence-electron chi connectivity index (χ3n) is 2.65. The van der Waals surface area contributed by atoms with Gasteiger partial charge in [-0.25, -0.2) is 4.98 Å². The number of aromatic nitrogens is 1. The van der Waals surface area contributed by atoms with Gasteiger partial charge in [0.15, 0.2) is 0 Å². The predicted octanol–water partition coefficient (Wildman–Crippen LogP) is 1.35. The Morgan fingerprint density at radius 1 is 1.24 bits per heavy atom. The van der Waals surface area contributed by atoms with Crippen molar-refractivity contribution in [3.63, 3.8) is 0 Å². The van der Waals surface area contributed by atoms with Crippen molar-refractivity contribution in [2.45, 2.75) is 20.0 Å². The highest BCUT2D eigenvalue weighted by Crippen LogP contribution is 2.17. The first kappa shape index (κ1) is 13.9. The van der Waals surface area contributed by atoms with Gasteiger partial charge < -0.3 is 14.9 Å². The van der Waals surface area contributed by atoms with Gasteiger partial charge in [0.05, 0.1) is 6.61 Å². The molecule has 1 rings (SSSR count). The van der Waals surface area contributed by atoms with Gasteiger partial charge in [-0.2, -0.15) is 0 Å². The van der Waals surface area contributed by atoms with Gasteiger partial charge in [-0.15, -0.1) is 0 Å². The summed E-state index contributed by atoms with van der Waals surface area (Å²) in [4.78, 5) is 8.79. The topological polar surface area (TPSA) is 39.6 Å². The van der Waals surface area contributed by atoms with Crippen LogP contribution in [0.1, 0.15) is 18.9 Å². The highest BCUT2D eigenvalue weighted by atomic mass is 16.3. The first-order valence-corrected chi connectivity index (χ1v) is 6.13. The van der Waals surface area contributed by atoms with Gasteiger partial charge in [0.2, 0.25) is 0 Å². The molecule has 0 saturated heterocycles. The SMILES string of the molecule is CCCN(CCN(C)C)c1ncccc1CO. The van der Waals surface area contributed by atoms with Gasteiger partial charge >= 0.3 is 0 Å². The Morgan fingerprint density at radius 3 is 2.59 bits per heavy atom. The fourth-order valence-corrected chi connectivity index (χ4v) is 1.75. The van der Waals surface area contributed by atoms with Crippen LogP contribution in [0.15, 0.2) is 18.3 Å². The van der Waals surface area contributed by atoms with Crippen molar-refractivity contribution in [1.29, 1.82) is 0 Å². The standard InChI is InChI=1S/C13H23N3O/c1-4-8-16(10-9-15(2)3)13-12(11-17)6-5-7-14-13/h5-7,17H,4,8-11H2,1-3H3. The van der Waals surface area contributed by atoms with E-state index in [4.69, 9.17) is 0 Å². The Hall–Kier alpha value is -1.13. The van der Waals surface area contributed by atoms with Gasteiger partial charge in [-0.1, -0.05) is 13.0 Å². The van der Waals surface area contributed by atoms with E-state index in [2.05, 4.69) is 35.8 Å². The zero-order valence-corrected chi connectivity index (χ0v) is 11.1. The van der Waals surface area contributed by atoms with Crippen LogP contribution in [-0.2, 0) is 6.61 Å². The van der Waals surface area contributed by atoms with Gasteiger partial charge in [0.25, 0.3) is 0 Å². The summed E-state index contributed by atoms with van der Waals surface area (Å²) in [5, 5.41) is 9.34. The molecule has 17 heavy (non-hydrogen) atoms. The maximum Gasteiger partial charge on any atom is 0.134 e. The van der Waals surface area contributed by atoms with E-state index >= 15 is 0 Å².